The molecule has 0 bridgehead atoms. The Hall–Kier alpha value is -1.08. The lowest BCUT2D eigenvalue weighted by molar-refractivity contribution is -0.123. The van der Waals surface area contributed by atoms with E-state index < -0.39 is 6.04 Å². The van der Waals surface area contributed by atoms with E-state index in [-0.39, 0.29) is 11.9 Å². The van der Waals surface area contributed by atoms with Gasteiger partial charge in [-0.25, -0.2) is 0 Å². The molecular formula is C9H17N3O. The lowest BCUT2D eigenvalue weighted by Crippen LogP contribution is -2.45. The third kappa shape index (κ3) is 5.21. The zero-order valence-corrected chi connectivity index (χ0v) is 8.42. The standard InChI is InChI=1S/C9H17N3O/c1-4-5-11-8(3)9(13)12-7(2)6-10/h7-8,11H,4-5H2,1-3H3,(H,12,13). The molecule has 0 aliphatic rings. The topological polar surface area (TPSA) is 64.9 Å². The maximum absolute atomic E-state index is 11.3. The Labute approximate surface area is 79.3 Å². The van der Waals surface area contributed by atoms with Crippen LogP contribution in [-0.4, -0.2) is 24.5 Å². The Morgan fingerprint density at radius 1 is 1.54 bits per heavy atom. The van der Waals surface area contributed by atoms with E-state index in [0.717, 1.165) is 13.0 Å². The fourth-order valence-electron chi connectivity index (χ4n) is 0.824. The molecule has 0 aromatic heterocycles. The molecule has 0 spiro atoms. The van der Waals surface area contributed by atoms with Crippen LogP contribution in [0.25, 0.3) is 0 Å². The summed E-state index contributed by atoms with van der Waals surface area (Å²) in [4.78, 5) is 11.3. The lowest BCUT2D eigenvalue weighted by Gasteiger charge is -2.14. The van der Waals surface area contributed by atoms with Crippen molar-refractivity contribution >= 4 is 5.91 Å². The van der Waals surface area contributed by atoms with E-state index in [2.05, 4.69) is 10.6 Å². The fourth-order valence-corrected chi connectivity index (χ4v) is 0.824. The summed E-state index contributed by atoms with van der Waals surface area (Å²) in [5.41, 5.74) is 0. The van der Waals surface area contributed by atoms with E-state index >= 15 is 0 Å². The van der Waals surface area contributed by atoms with Gasteiger partial charge in [-0.2, -0.15) is 5.26 Å². The van der Waals surface area contributed by atoms with Crippen molar-refractivity contribution in [1.29, 1.82) is 5.26 Å². The molecule has 0 saturated heterocycles. The van der Waals surface area contributed by atoms with Crippen LogP contribution in [0.15, 0.2) is 0 Å². The van der Waals surface area contributed by atoms with Crippen molar-refractivity contribution in [3.8, 4) is 6.07 Å². The molecule has 0 aromatic carbocycles. The van der Waals surface area contributed by atoms with E-state index in [9.17, 15) is 4.79 Å². The number of nitrogens with zero attached hydrogens (tertiary/aromatic N) is 1. The molecule has 0 aromatic rings. The van der Waals surface area contributed by atoms with Crippen LogP contribution in [0.2, 0.25) is 0 Å². The quantitative estimate of drug-likeness (QED) is 0.648. The van der Waals surface area contributed by atoms with E-state index in [1.807, 2.05) is 13.0 Å². The Balaban J connectivity index is 3.77. The van der Waals surface area contributed by atoms with Crippen LogP contribution in [0, 0.1) is 11.3 Å². The van der Waals surface area contributed by atoms with E-state index in [0.29, 0.717) is 0 Å². The average molecular weight is 183 g/mol. The molecule has 4 heteroatoms. The normalized spacial score (nSPS) is 14.3. The van der Waals surface area contributed by atoms with Gasteiger partial charge in [0, 0.05) is 0 Å². The van der Waals surface area contributed by atoms with Crippen molar-refractivity contribution < 1.29 is 4.79 Å². The predicted molar refractivity (Wildman–Crippen MR) is 51.0 cm³/mol. The van der Waals surface area contributed by atoms with Crippen LogP contribution in [0.1, 0.15) is 27.2 Å². The fraction of sp³-hybridized carbons (Fsp3) is 0.778. The summed E-state index contributed by atoms with van der Waals surface area (Å²) in [7, 11) is 0. The molecule has 0 aliphatic heterocycles. The maximum atomic E-state index is 11.3. The molecule has 0 heterocycles. The summed E-state index contributed by atoms with van der Waals surface area (Å²) in [5.74, 6) is -0.123. The van der Waals surface area contributed by atoms with Crippen molar-refractivity contribution in [3.63, 3.8) is 0 Å². The molecule has 2 atom stereocenters. The second-order valence-electron chi connectivity index (χ2n) is 3.04. The minimum absolute atomic E-state index is 0.123. The van der Waals surface area contributed by atoms with Crippen LogP contribution >= 0.6 is 0 Å². The van der Waals surface area contributed by atoms with E-state index in [1.54, 1.807) is 13.8 Å². The molecule has 13 heavy (non-hydrogen) atoms. The van der Waals surface area contributed by atoms with Crippen molar-refractivity contribution in [2.45, 2.75) is 39.3 Å². The van der Waals surface area contributed by atoms with Crippen LogP contribution < -0.4 is 10.6 Å². The molecule has 74 valence electrons. The van der Waals surface area contributed by atoms with Gasteiger partial charge in [-0.15, -0.1) is 0 Å². The highest BCUT2D eigenvalue weighted by Crippen LogP contribution is 1.85. The highest BCUT2D eigenvalue weighted by Gasteiger charge is 2.13. The zero-order chi connectivity index (χ0) is 10.3. The van der Waals surface area contributed by atoms with Crippen molar-refractivity contribution in [2.24, 2.45) is 0 Å². The zero-order valence-electron chi connectivity index (χ0n) is 8.42. The molecule has 4 nitrogen and oxygen atoms in total. The first kappa shape index (κ1) is 11.9. The number of rotatable bonds is 5. The Morgan fingerprint density at radius 3 is 2.62 bits per heavy atom. The number of amides is 1. The molecule has 0 aliphatic carbocycles. The third-order valence-corrected chi connectivity index (χ3v) is 1.65. The Morgan fingerprint density at radius 2 is 2.15 bits per heavy atom. The van der Waals surface area contributed by atoms with Gasteiger partial charge >= 0.3 is 0 Å². The molecule has 2 unspecified atom stereocenters. The number of nitriles is 1. The summed E-state index contributed by atoms with van der Waals surface area (Å²) in [5, 5.41) is 14.1. The first-order chi connectivity index (χ1) is 6.11. The smallest absolute Gasteiger partial charge is 0.237 e. The summed E-state index contributed by atoms with van der Waals surface area (Å²) in [6.07, 6.45) is 0.991. The van der Waals surface area contributed by atoms with Gasteiger partial charge in [0.05, 0.1) is 12.1 Å². The maximum Gasteiger partial charge on any atom is 0.237 e. The first-order valence-electron chi connectivity index (χ1n) is 4.55. The second-order valence-corrected chi connectivity index (χ2v) is 3.04. The number of carbonyl (C=O) groups is 1. The molecule has 0 saturated carbocycles. The predicted octanol–water partition coefficient (Wildman–Crippen LogP) is 0.403. The molecule has 2 N–H and O–H groups in total. The first-order valence-corrected chi connectivity index (χ1v) is 4.55. The monoisotopic (exact) mass is 183 g/mol. The summed E-state index contributed by atoms with van der Waals surface area (Å²) in [6.45, 7) is 6.30. The molecular weight excluding hydrogens is 166 g/mol. The van der Waals surface area contributed by atoms with Gasteiger partial charge in [-0.05, 0) is 26.8 Å². The van der Waals surface area contributed by atoms with Gasteiger partial charge in [-0.3, -0.25) is 4.79 Å². The Kier molecular flexibility index (Phi) is 5.90. The van der Waals surface area contributed by atoms with Crippen molar-refractivity contribution in [2.75, 3.05) is 6.54 Å². The molecule has 0 fully saturated rings. The number of nitrogens with one attached hydrogen (secondary N) is 2. The third-order valence-electron chi connectivity index (χ3n) is 1.65. The SMILES string of the molecule is CCCNC(C)C(=O)NC(C)C#N. The van der Waals surface area contributed by atoms with Gasteiger partial charge in [0.1, 0.15) is 6.04 Å². The van der Waals surface area contributed by atoms with E-state index in [4.69, 9.17) is 5.26 Å². The van der Waals surface area contributed by atoms with Gasteiger partial charge in [0.15, 0.2) is 0 Å². The summed E-state index contributed by atoms with van der Waals surface area (Å²) in [6, 6.07) is 1.30. The Bertz CT molecular complexity index is 198. The van der Waals surface area contributed by atoms with E-state index in [1.165, 1.54) is 0 Å². The second kappa shape index (κ2) is 6.44. The minimum Gasteiger partial charge on any atom is -0.339 e. The van der Waals surface area contributed by atoms with Gasteiger partial charge in [-0.1, -0.05) is 6.92 Å². The molecule has 0 radical (unpaired) electrons. The van der Waals surface area contributed by atoms with Crippen LogP contribution in [0.3, 0.4) is 0 Å². The van der Waals surface area contributed by atoms with Gasteiger partial charge < -0.3 is 10.6 Å². The van der Waals surface area contributed by atoms with Gasteiger partial charge in [0.2, 0.25) is 5.91 Å². The largest absolute Gasteiger partial charge is 0.339 e. The highest BCUT2D eigenvalue weighted by atomic mass is 16.2. The van der Waals surface area contributed by atoms with Crippen LogP contribution in [-0.2, 0) is 4.79 Å². The summed E-state index contributed by atoms with van der Waals surface area (Å²) < 4.78 is 0. The lowest BCUT2D eigenvalue weighted by atomic mass is 10.2. The molecule has 0 rings (SSSR count). The van der Waals surface area contributed by atoms with Crippen LogP contribution in [0.5, 0.6) is 0 Å². The van der Waals surface area contributed by atoms with Crippen molar-refractivity contribution in [3.05, 3.63) is 0 Å². The van der Waals surface area contributed by atoms with Crippen molar-refractivity contribution in [1.82, 2.24) is 10.6 Å². The number of hydrogen-bond acceptors (Lipinski definition) is 3. The molecule has 1 amide bonds. The van der Waals surface area contributed by atoms with Crippen LogP contribution in [0.4, 0.5) is 0 Å². The summed E-state index contributed by atoms with van der Waals surface area (Å²) >= 11 is 0. The van der Waals surface area contributed by atoms with Gasteiger partial charge in [0.25, 0.3) is 0 Å². The highest BCUT2D eigenvalue weighted by molar-refractivity contribution is 5.81. The minimum atomic E-state index is -0.418. The average Bonchev–Trinajstić information content (AvgIpc) is 2.13. The number of carbonyl (C=O) groups excluding carboxylic acids is 1. The number of hydrogen-bond donors (Lipinski definition) is 2.